The number of carbonyl (C=O) groups excluding carboxylic acids is 1. The second kappa shape index (κ2) is 9.07. The summed E-state index contributed by atoms with van der Waals surface area (Å²) in [7, 11) is 0. The molecule has 2 saturated heterocycles. The van der Waals surface area contributed by atoms with Crippen LogP contribution in [0.25, 0.3) is 11.0 Å². The van der Waals surface area contributed by atoms with Crippen molar-refractivity contribution in [3.8, 4) is 0 Å². The Morgan fingerprint density at radius 3 is 2.44 bits per heavy atom. The average molecular weight is 431 g/mol. The molecular formula is C27H34N4O. The molecule has 0 saturated carbocycles. The van der Waals surface area contributed by atoms with Crippen LogP contribution in [0.3, 0.4) is 0 Å². The number of aryl methyl sites for hydroxylation is 1. The second-order valence-corrected chi connectivity index (χ2v) is 9.60. The molecule has 2 aliphatic rings. The van der Waals surface area contributed by atoms with E-state index < -0.39 is 0 Å². The third-order valence-corrected chi connectivity index (χ3v) is 7.60. The van der Waals surface area contributed by atoms with Gasteiger partial charge in [0.05, 0.1) is 11.0 Å². The van der Waals surface area contributed by atoms with Gasteiger partial charge in [0.2, 0.25) is 5.91 Å². The fourth-order valence-electron chi connectivity index (χ4n) is 6.13. The molecule has 2 aromatic carbocycles. The number of rotatable bonds is 7. The lowest BCUT2D eigenvalue weighted by Gasteiger charge is -2.40. The summed E-state index contributed by atoms with van der Waals surface area (Å²) in [6.45, 7) is 5.58. The van der Waals surface area contributed by atoms with Crippen LogP contribution in [-0.4, -0.2) is 45.5 Å². The van der Waals surface area contributed by atoms with E-state index in [9.17, 15) is 4.79 Å². The molecule has 5 heteroatoms. The highest BCUT2D eigenvalue weighted by Crippen LogP contribution is 2.42. The Morgan fingerprint density at radius 2 is 1.72 bits per heavy atom. The summed E-state index contributed by atoms with van der Waals surface area (Å²) < 4.78 is 2.50. The summed E-state index contributed by atoms with van der Waals surface area (Å²) in [5, 5.41) is 3.05. The molecule has 1 N–H and O–H groups in total. The molecule has 3 unspecified atom stereocenters. The van der Waals surface area contributed by atoms with Crippen LogP contribution in [0.1, 0.15) is 62.4 Å². The van der Waals surface area contributed by atoms with E-state index in [1.807, 2.05) is 0 Å². The monoisotopic (exact) mass is 430 g/mol. The molecule has 0 aliphatic carbocycles. The van der Waals surface area contributed by atoms with Gasteiger partial charge in [0.1, 0.15) is 5.82 Å². The van der Waals surface area contributed by atoms with Crippen molar-refractivity contribution >= 4 is 16.9 Å². The third kappa shape index (κ3) is 4.18. The zero-order valence-electron chi connectivity index (χ0n) is 19.2. The maximum absolute atomic E-state index is 11.5. The molecule has 1 amide bonds. The molecule has 32 heavy (non-hydrogen) atoms. The summed E-state index contributed by atoms with van der Waals surface area (Å²) >= 11 is 0. The Kier molecular flexibility index (Phi) is 6.01. The van der Waals surface area contributed by atoms with Crippen LogP contribution in [-0.2, 0) is 4.79 Å². The van der Waals surface area contributed by atoms with Crippen molar-refractivity contribution in [2.24, 2.45) is 0 Å². The first kappa shape index (κ1) is 21.2. The first-order valence-corrected chi connectivity index (χ1v) is 12.1. The molecule has 3 heterocycles. The van der Waals surface area contributed by atoms with E-state index in [-0.39, 0.29) is 5.91 Å². The van der Waals surface area contributed by atoms with Crippen LogP contribution in [0, 0.1) is 6.92 Å². The highest BCUT2D eigenvalue weighted by atomic mass is 16.1. The van der Waals surface area contributed by atoms with E-state index in [0.717, 1.165) is 24.3 Å². The first-order chi connectivity index (χ1) is 15.6. The van der Waals surface area contributed by atoms with E-state index in [4.69, 9.17) is 4.98 Å². The number of nitrogens with one attached hydrogen (secondary N) is 1. The largest absolute Gasteiger partial charge is 0.356 e. The van der Waals surface area contributed by atoms with Crippen molar-refractivity contribution in [3.05, 3.63) is 66.0 Å². The molecule has 3 aromatic rings. The number of benzene rings is 2. The fourth-order valence-corrected chi connectivity index (χ4v) is 6.13. The SMILES string of the molecule is CC(=O)NCC(CCN1C2CCC1CC(n1c(C)nc3ccccc31)C2)c1ccccc1. The van der Waals surface area contributed by atoms with Gasteiger partial charge in [-0.3, -0.25) is 9.69 Å². The van der Waals surface area contributed by atoms with Crippen molar-refractivity contribution in [2.75, 3.05) is 13.1 Å². The Morgan fingerprint density at radius 1 is 1.03 bits per heavy atom. The molecule has 0 radical (unpaired) electrons. The van der Waals surface area contributed by atoms with Crippen LogP contribution in [0.15, 0.2) is 54.6 Å². The van der Waals surface area contributed by atoms with Gasteiger partial charge in [0.25, 0.3) is 0 Å². The molecule has 5 nitrogen and oxygen atoms in total. The number of imidazole rings is 1. The zero-order valence-corrected chi connectivity index (χ0v) is 19.2. The number of hydrogen-bond acceptors (Lipinski definition) is 3. The Hall–Kier alpha value is -2.66. The molecule has 2 bridgehead atoms. The number of aromatic nitrogens is 2. The highest BCUT2D eigenvalue weighted by Gasteiger charge is 2.41. The number of carbonyl (C=O) groups is 1. The zero-order chi connectivity index (χ0) is 22.1. The second-order valence-electron chi connectivity index (χ2n) is 9.60. The summed E-state index contributed by atoms with van der Waals surface area (Å²) in [5.41, 5.74) is 3.72. The van der Waals surface area contributed by atoms with Gasteiger partial charge in [-0.25, -0.2) is 4.98 Å². The first-order valence-electron chi connectivity index (χ1n) is 12.1. The maximum Gasteiger partial charge on any atom is 0.216 e. The normalized spacial score (nSPS) is 24.0. The van der Waals surface area contributed by atoms with Crippen molar-refractivity contribution < 1.29 is 4.79 Å². The van der Waals surface area contributed by atoms with E-state index in [2.05, 4.69) is 76.3 Å². The van der Waals surface area contributed by atoms with Crippen molar-refractivity contribution in [3.63, 3.8) is 0 Å². The van der Waals surface area contributed by atoms with Crippen molar-refractivity contribution in [1.82, 2.24) is 19.8 Å². The van der Waals surface area contributed by atoms with Gasteiger partial charge in [0, 0.05) is 37.5 Å². The lowest BCUT2D eigenvalue weighted by atomic mass is 9.92. The van der Waals surface area contributed by atoms with Crippen molar-refractivity contribution in [2.45, 2.75) is 70.0 Å². The summed E-state index contributed by atoms with van der Waals surface area (Å²) in [6.07, 6.45) is 6.09. The van der Waals surface area contributed by atoms with Crippen LogP contribution in [0.4, 0.5) is 0 Å². The molecular weight excluding hydrogens is 396 g/mol. The molecule has 168 valence electrons. The van der Waals surface area contributed by atoms with Gasteiger partial charge < -0.3 is 9.88 Å². The fraction of sp³-hybridized carbons (Fsp3) is 0.481. The standard InChI is InChI=1S/C27H34N4O/c1-19-29-26-10-6-7-11-27(26)31(19)25-16-23-12-13-24(17-25)30(23)15-14-22(18-28-20(2)32)21-8-4-3-5-9-21/h3-11,22-25H,12-18H2,1-2H3,(H,28,32). The lowest BCUT2D eigenvalue weighted by molar-refractivity contribution is -0.119. The third-order valence-electron chi connectivity index (χ3n) is 7.60. The van der Waals surface area contributed by atoms with E-state index in [0.29, 0.717) is 30.6 Å². The number of piperidine rings is 1. The van der Waals surface area contributed by atoms with Crippen molar-refractivity contribution in [1.29, 1.82) is 0 Å². The van der Waals surface area contributed by atoms with Gasteiger partial charge in [-0.2, -0.15) is 0 Å². The molecule has 2 aliphatic heterocycles. The smallest absolute Gasteiger partial charge is 0.216 e. The van der Waals surface area contributed by atoms with Crippen LogP contribution >= 0.6 is 0 Å². The Bertz CT molecular complexity index is 1060. The van der Waals surface area contributed by atoms with Gasteiger partial charge in [-0.1, -0.05) is 42.5 Å². The topological polar surface area (TPSA) is 50.2 Å². The van der Waals surface area contributed by atoms with Gasteiger partial charge in [-0.05, 0) is 63.3 Å². The number of fused-ring (bicyclic) bond motifs is 3. The lowest BCUT2D eigenvalue weighted by Crippen LogP contribution is -2.44. The van der Waals surface area contributed by atoms with Gasteiger partial charge in [0.15, 0.2) is 0 Å². The predicted octanol–water partition coefficient (Wildman–Crippen LogP) is 4.82. The van der Waals surface area contributed by atoms with E-state index in [1.165, 1.54) is 36.8 Å². The molecule has 0 spiro atoms. The summed E-state index contributed by atoms with van der Waals surface area (Å²) in [5.74, 6) is 1.55. The summed E-state index contributed by atoms with van der Waals surface area (Å²) in [6, 6.07) is 21.0. The Balaban J connectivity index is 1.28. The minimum Gasteiger partial charge on any atom is -0.356 e. The van der Waals surface area contributed by atoms with Crippen LogP contribution < -0.4 is 5.32 Å². The average Bonchev–Trinajstić information content (AvgIpc) is 3.25. The minimum absolute atomic E-state index is 0.0507. The van der Waals surface area contributed by atoms with Gasteiger partial charge >= 0.3 is 0 Å². The predicted molar refractivity (Wildman–Crippen MR) is 129 cm³/mol. The number of hydrogen-bond donors (Lipinski definition) is 1. The minimum atomic E-state index is 0.0507. The maximum atomic E-state index is 11.5. The van der Waals surface area contributed by atoms with Gasteiger partial charge in [-0.15, -0.1) is 0 Å². The number of para-hydroxylation sites is 2. The number of nitrogens with zero attached hydrogens (tertiary/aromatic N) is 3. The quantitative estimate of drug-likeness (QED) is 0.584. The number of amides is 1. The highest BCUT2D eigenvalue weighted by molar-refractivity contribution is 5.76. The molecule has 5 rings (SSSR count). The summed E-state index contributed by atoms with van der Waals surface area (Å²) in [4.78, 5) is 19.1. The molecule has 2 fully saturated rings. The van der Waals surface area contributed by atoms with Crippen LogP contribution in [0.2, 0.25) is 0 Å². The van der Waals surface area contributed by atoms with Crippen LogP contribution in [0.5, 0.6) is 0 Å². The van der Waals surface area contributed by atoms with E-state index >= 15 is 0 Å². The van der Waals surface area contributed by atoms with E-state index in [1.54, 1.807) is 6.92 Å². The molecule has 3 atom stereocenters. The molecule has 1 aromatic heterocycles. The Labute approximate surface area is 190 Å².